The SMILES string of the molecule is Cn1ncc2nnccc2c1=O. The summed E-state index contributed by atoms with van der Waals surface area (Å²) >= 11 is 0. The molecular weight excluding hydrogens is 156 g/mol. The van der Waals surface area contributed by atoms with Crippen molar-refractivity contribution < 1.29 is 0 Å². The lowest BCUT2D eigenvalue weighted by Gasteiger charge is -1.96. The molecule has 2 heterocycles. The topological polar surface area (TPSA) is 60.7 Å². The molecule has 0 unspecified atom stereocenters. The van der Waals surface area contributed by atoms with Crippen LogP contribution in [-0.2, 0) is 7.05 Å². The molecule has 0 saturated heterocycles. The Morgan fingerprint density at radius 1 is 1.50 bits per heavy atom. The molecule has 0 saturated carbocycles. The fourth-order valence-electron chi connectivity index (χ4n) is 0.987. The second-order valence-electron chi connectivity index (χ2n) is 2.40. The Morgan fingerprint density at radius 2 is 2.33 bits per heavy atom. The van der Waals surface area contributed by atoms with Crippen molar-refractivity contribution in [1.82, 2.24) is 20.0 Å². The predicted octanol–water partition coefficient (Wildman–Crippen LogP) is -0.277. The minimum absolute atomic E-state index is 0.151. The molecule has 12 heavy (non-hydrogen) atoms. The first-order valence-corrected chi connectivity index (χ1v) is 3.43. The molecule has 0 aromatic carbocycles. The maximum atomic E-state index is 11.4. The van der Waals surface area contributed by atoms with Crippen molar-refractivity contribution in [1.29, 1.82) is 0 Å². The van der Waals surface area contributed by atoms with Gasteiger partial charge in [0, 0.05) is 7.05 Å². The Kier molecular flexibility index (Phi) is 1.36. The average molecular weight is 162 g/mol. The van der Waals surface area contributed by atoms with Crippen molar-refractivity contribution in [3.63, 3.8) is 0 Å². The van der Waals surface area contributed by atoms with E-state index in [1.165, 1.54) is 17.1 Å². The number of aromatic nitrogens is 4. The molecular formula is C7H6N4O. The fourth-order valence-corrected chi connectivity index (χ4v) is 0.987. The molecule has 0 aliphatic carbocycles. The third-order valence-corrected chi connectivity index (χ3v) is 1.63. The van der Waals surface area contributed by atoms with Crippen molar-refractivity contribution in [3.8, 4) is 0 Å². The van der Waals surface area contributed by atoms with E-state index in [0.717, 1.165) is 0 Å². The van der Waals surface area contributed by atoms with E-state index in [4.69, 9.17) is 0 Å². The molecule has 2 aromatic rings. The second-order valence-corrected chi connectivity index (χ2v) is 2.40. The smallest absolute Gasteiger partial charge is 0.267 e. The van der Waals surface area contributed by atoms with E-state index in [1.807, 2.05) is 0 Å². The first-order chi connectivity index (χ1) is 5.79. The predicted molar refractivity (Wildman–Crippen MR) is 42.6 cm³/mol. The maximum Gasteiger partial charge on any atom is 0.276 e. The van der Waals surface area contributed by atoms with Crippen molar-refractivity contribution in [2.24, 2.45) is 7.05 Å². The molecule has 5 nitrogen and oxygen atoms in total. The van der Waals surface area contributed by atoms with Crippen LogP contribution in [0.4, 0.5) is 0 Å². The number of aryl methyl sites for hydroxylation is 1. The van der Waals surface area contributed by atoms with Crippen LogP contribution in [0.3, 0.4) is 0 Å². The van der Waals surface area contributed by atoms with Gasteiger partial charge in [0.15, 0.2) is 0 Å². The van der Waals surface area contributed by atoms with Crippen molar-refractivity contribution in [3.05, 3.63) is 28.8 Å². The van der Waals surface area contributed by atoms with Gasteiger partial charge in [-0.25, -0.2) is 4.68 Å². The van der Waals surface area contributed by atoms with Crippen LogP contribution in [0, 0.1) is 0 Å². The minimum Gasteiger partial charge on any atom is -0.267 e. The summed E-state index contributed by atoms with van der Waals surface area (Å²) in [5.74, 6) is 0. The molecule has 60 valence electrons. The highest BCUT2D eigenvalue weighted by molar-refractivity contribution is 5.75. The zero-order valence-electron chi connectivity index (χ0n) is 6.43. The van der Waals surface area contributed by atoms with E-state index in [2.05, 4.69) is 15.3 Å². The highest BCUT2D eigenvalue weighted by atomic mass is 16.1. The highest BCUT2D eigenvalue weighted by Crippen LogP contribution is 1.99. The average Bonchev–Trinajstić information content (AvgIpc) is 2.12. The summed E-state index contributed by atoms with van der Waals surface area (Å²) in [6.45, 7) is 0. The van der Waals surface area contributed by atoms with Crippen LogP contribution in [0.1, 0.15) is 0 Å². The van der Waals surface area contributed by atoms with Gasteiger partial charge in [-0.3, -0.25) is 4.79 Å². The Morgan fingerprint density at radius 3 is 3.17 bits per heavy atom. The zero-order valence-corrected chi connectivity index (χ0v) is 6.43. The van der Waals surface area contributed by atoms with Crippen LogP contribution in [0.15, 0.2) is 23.3 Å². The van der Waals surface area contributed by atoms with Gasteiger partial charge in [-0.05, 0) is 6.07 Å². The Labute approximate surface area is 67.7 Å². The van der Waals surface area contributed by atoms with Crippen LogP contribution >= 0.6 is 0 Å². The number of hydrogen-bond acceptors (Lipinski definition) is 4. The third-order valence-electron chi connectivity index (χ3n) is 1.63. The molecule has 0 N–H and O–H groups in total. The molecule has 0 bridgehead atoms. The van der Waals surface area contributed by atoms with E-state index < -0.39 is 0 Å². The standard InChI is InChI=1S/C7H6N4O/c1-11-7(12)5-2-3-8-10-6(5)4-9-11/h2-4H,1H3. The summed E-state index contributed by atoms with van der Waals surface area (Å²) in [6.07, 6.45) is 3.01. The number of hydrogen-bond donors (Lipinski definition) is 0. The Hall–Kier alpha value is -1.78. The lowest BCUT2D eigenvalue weighted by Crippen LogP contribution is -2.19. The van der Waals surface area contributed by atoms with Gasteiger partial charge in [0.05, 0.1) is 17.8 Å². The molecule has 0 atom stereocenters. The first-order valence-electron chi connectivity index (χ1n) is 3.43. The lowest BCUT2D eigenvalue weighted by atomic mass is 10.3. The van der Waals surface area contributed by atoms with Crippen LogP contribution in [0.5, 0.6) is 0 Å². The van der Waals surface area contributed by atoms with Crippen LogP contribution in [0.2, 0.25) is 0 Å². The highest BCUT2D eigenvalue weighted by Gasteiger charge is 2.00. The minimum atomic E-state index is -0.151. The van der Waals surface area contributed by atoms with Gasteiger partial charge in [-0.1, -0.05) is 0 Å². The van der Waals surface area contributed by atoms with E-state index in [0.29, 0.717) is 10.9 Å². The van der Waals surface area contributed by atoms with Gasteiger partial charge < -0.3 is 0 Å². The normalized spacial score (nSPS) is 10.4. The lowest BCUT2D eigenvalue weighted by molar-refractivity contribution is 0.716. The van der Waals surface area contributed by atoms with E-state index in [1.54, 1.807) is 13.1 Å². The summed E-state index contributed by atoms with van der Waals surface area (Å²) in [4.78, 5) is 11.4. The second kappa shape index (κ2) is 2.37. The summed E-state index contributed by atoms with van der Waals surface area (Å²) in [5, 5.41) is 11.8. The van der Waals surface area contributed by atoms with Crippen LogP contribution in [0.25, 0.3) is 10.9 Å². The number of fused-ring (bicyclic) bond motifs is 1. The summed E-state index contributed by atoms with van der Waals surface area (Å²) in [7, 11) is 1.60. The Bertz CT molecular complexity index is 476. The largest absolute Gasteiger partial charge is 0.276 e. The third kappa shape index (κ3) is 0.868. The quantitative estimate of drug-likeness (QED) is 0.534. The summed E-state index contributed by atoms with van der Waals surface area (Å²) in [6, 6.07) is 1.63. The monoisotopic (exact) mass is 162 g/mol. The maximum absolute atomic E-state index is 11.4. The van der Waals surface area contributed by atoms with Gasteiger partial charge in [0.25, 0.3) is 5.56 Å². The fraction of sp³-hybridized carbons (Fsp3) is 0.143. The zero-order chi connectivity index (χ0) is 8.55. The molecule has 0 amide bonds. The van der Waals surface area contributed by atoms with Gasteiger partial charge in [0.1, 0.15) is 5.52 Å². The van der Waals surface area contributed by atoms with Gasteiger partial charge in [-0.15, -0.1) is 5.10 Å². The first kappa shape index (κ1) is 6.90. The number of nitrogens with zero attached hydrogens (tertiary/aromatic N) is 4. The van der Waals surface area contributed by atoms with E-state index in [9.17, 15) is 4.79 Å². The van der Waals surface area contributed by atoms with Crippen molar-refractivity contribution >= 4 is 10.9 Å². The van der Waals surface area contributed by atoms with Gasteiger partial charge >= 0.3 is 0 Å². The number of rotatable bonds is 0. The summed E-state index contributed by atoms with van der Waals surface area (Å²) < 4.78 is 1.27. The van der Waals surface area contributed by atoms with Gasteiger partial charge in [-0.2, -0.15) is 10.2 Å². The molecule has 5 heteroatoms. The molecule has 2 aromatic heterocycles. The molecule has 0 radical (unpaired) electrons. The molecule has 0 spiro atoms. The van der Waals surface area contributed by atoms with E-state index in [-0.39, 0.29) is 5.56 Å². The van der Waals surface area contributed by atoms with Crippen LogP contribution in [-0.4, -0.2) is 20.0 Å². The van der Waals surface area contributed by atoms with E-state index >= 15 is 0 Å². The molecule has 0 aliphatic rings. The molecule has 0 fully saturated rings. The van der Waals surface area contributed by atoms with Gasteiger partial charge in [0.2, 0.25) is 0 Å². The molecule has 0 aliphatic heterocycles. The molecule has 2 rings (SSSR count). The Balaban J connectivity index is 3.01. The van der Waals surface area contributed by atoms with Crippen molar-refractivity contribution in [2.75, 3.05) is 0 Å². The van der Waals surface area contributed by atoms with Crippen LogP contribution < -0.4 is 5.56 Å². The summed E-state index contributed by atoms with van der Waals surface area (Å²) in [5.41, 5.74) is 0.378. The van der Waals surface area contributed by atoms with Crippen molar-refractivity contribution in [2.45, 2.75) is 0 Å².